The molecule has 66 valence electrons. The van der Waals surface area contributed by atoms with Gasteiger partial charge < -0.3 is 5.11 Å². The Kier molecular flexibility index (Phi) is 1.66. The Morgan fingerprint density at radius 3 is 2.77 bits per heavy atom. The zero-order valence-corrected chi connectivity index (χ0v) is 6.95. The number of benzene rings is 1. The summed E-state index contributed by atoms with van der Waals surface area (Å²) >= 11 is 5.72. The van der Waals surface area contributed by atoms with E-state index in [1.165, 1.54) is 12.1 Å². The van der Waals surface area contributed by atoms with E-state index >= 15 is 0 Å². The fourth-order valence-electron chi connectivity index (χ4n) is 1.01. The molecule has 1 aromatic carbocycles. The molecule has 0 radical (unpaired) electrons. The number of hydrogen-bond acceptors (Lipinski definition) is 4. The Hall–Kier alpha value is -1.62. The van der Waals surface area contributed by atoms with Crippen LogP contribution < -0.4 is 0 Å². The van der Waals surface area contributed by atoms with E-state index in [0.717, 1.165) is 0 Å². The minimum atomic E-state index is -1.09. The van der Waals surface area contributed by atoms with Crippen LogP contribution >= 0.6 is 11.6 Å². The number of carboxylic acids is 1. The van der Waals surface area contributed by atoms with Crippen LogP contribution in [0.25, 0.3) is 11.0 Å². The maximum absolute atomic E-state index is 10.7. The van der Waals surface area contributed by atoms with Crippen LogP contribution in [0.4, 0.5) is 0 Å². The largest absolute Gasteiger partial charge is 0.478 e. The average molecular weight is 199 g/mol. The van der Waals surface area contributed by atoms with Gasteiger partial charge in [0, 0.05) is 0 Å². The highest BCUT2D eigenvalue weighted by Crippen LogP contribution is 2.23. The van der Waals surface area contributed by atoms with Gasteiger partial charge in [-0.05, 0) is 22.4 Å². The first kappa shape index (κ1) is 8.00. The van der Waals surface area contributed by atoms with Crippen LogP contribution in [-0.2, 0) is 0 Å². The molecule has 2 rings (SSSR count). The number of halogens is 1. The summed E-state index contributed by atoms with van der Waals surface area (Å²) in [6.45, 7) is 0. The molecule has 0 aliphatic rings. The number of fused-ring (bicyclic) bond motifs is 1. The monoisotopic (exact) mass is 198 g/mol. The van der Waals surface area contributed by atoms with Gasteiger partial charge in [-0.3, -0.25) is 0 Å². The smallest absolute Gasteiger partial charge is 0.338 e. The third kappa shape index (κ3) is 1.13. The molecular weight excluding hydrogens is 196 g/mol. The zero-order valence-electron chi connectivity index (χ0n) is 6.19. The van der Waals surface area contributed by atoms with E-state index in [4.69, 9.17) is 16.7 Å². The standard InChI is InChI=1S/C7H3ClN2O3/c8-4-2-1-3(7(11)12)5-6(4)10-13-9-5/h1-2H,(H,11,12). The number of rotatable bonds is 1. The van der Waals surface area contributed by atoms with Gasteiger partial charge in [0.05, 0.1) is 10.6 Å². The molecule has 6 heteroatoms. The fraction of sp³-hybridized carbons (Fsp3) is 0. The van der Waals surface area contributed by atoms with Crippen molar-refractivity contribution in [1.82, 2.24) is 10.3 Å². The molecule has 1 aromatic heterocycles. The highest BCUT2D eigenvalue weighted by molar-refractivity contribution is 6.35. The summed E-state index contributed by atoms with van der Waals surface area (Å²) in [6.07, 6.45) is 0. The van der Waals surface area contributed by atoms with Crippen LogP contribution in [-0.4, -0.2) is 21.4 Å². The van der Waals surface area contributed by atoms with E-state index in [0.29, 0.717) is 5.02 Å². The Morgan fingerprint density at radius 1 is 1.38 bits per heavy atom. The highest BCUT2D eigenvalue weighted by atomic mass is 35.5. The summed E-state index contributed by atoms with van der Waals surface area (Å²) in [4.78, 5) is 10.7. The van der Waals surface area contributed by atoms with Crippen molar-refractivity contribution in [1.29, 1.82) is 0 Å². The van der Waals surface area contributed by atoms with Gasteiger partial charge in [0.2, 0.25) is 0 Å². The molecule has 0 saturated heterocycles. The Labute approximate surface area is 76.9 Å². The lowest BCUT2D eigenvalue weighted by Gasteiger charge is -1.93. The Balaban J connectivity index is 2.86. The van der Waals surface area contributed by atoms with E-state index in [-0.39, 0.29) is 16.6 Å². The molecule has 5 nitrogen and oxygen atoms in total. The minimum absolute atomic E-state index is 0.0284. The average Bonchev–Trinajstić information content (AvgIpc) is 2.53. The van der Waals surface area contributed by atoms with Crippen LogP contribution in [0.1, 0.15) is 10.4 Å². The van der Waals surface area contributed by atoms with Crippen LogP contribution in [0, 0.1) is 0 Å². The second kappa shape index (κ2) is 2.70. The van der Waals surface area contributed by atoms with E-state index in [9.17, 15) is 4.79 Å². The SMILES string of the molecule is O=C(O)c1ccc(Cl)c2nonc12. The predicted octanol–water partition coefficient (Wildman–Crippen LogP) is 1.57. The topological polar surface area (TPSA) is 76.2 Å². The van der Waals surface area contributed by atoms with E-state index in [2.05, 4.69) is 14.9 Å². The maximum atomic E-state index is 10.7. The van der Waals surface area contributed by atoms with Crippen molar-refractivity contribution in [3.8, 4) is 0 Å². The van der Waals surface area contributed by atoms with Crippen molar-refractivity contribution in [2.45, 2.75) is 0 Å². The van der Waals surface area contributed by atoms with Crippen LogP contribution in [0.15, 0.2) is 16.8 Å². The summed E-state index contributed by atoms with van der Waals surface area (Å²) in [5.74, 6) is -1.09. The molecule has 0 fully saturated rings. The number of carbonyl (C=O) groups is 1. The third-order valence-electron chi connectivity index (χ3n) is 1.60. The lowest BCUT2D eigenvalue weighted by Crippen LogP contribution is -1.97. The molecular formula is C7H3ClN2O3. The van der Waals surface area contributed by atoms with Crippen LogP contribution in [0.5, 0.6) is 0 Å². The van der Waals surface area contributed by atoms with Crippen molar-refractivity contribution in [2.24, 2.45) is 0 Å². The van der Waals surface area contributed by atoms with Crippen molar-refractivity contribution < 1.29 is 14.5 Å². The molecule has 2 aromatic rings. The van der Waals surface area contributed by atoms with Crippen LogP contribution in [0.2, 0.25) is 5.02 Å². The van der Waals surface area contributed by atoms with E-state index < -0.39 is 5.97 Å². The normalized spacial score (nSPS) is 10.5. The van der Waals surface area contributed by atoms with Crippen molar-refractivity contribution >= 4 is 28.6 Å². The molecule has 0 bridgehead atoms. The lowest BCUT2D eigenvalue weighted by atomic mass is 10.2. The minimum Gasteiger partial charge on any atom is -0.478 e. The fourth-order valence-corrected chi connectivity index (χ4v) is 1.20. The predicted molar refractivity (Wildman–Crippen MR) is 43.8 cm³/mol. The second-order valence-electron chi connectivity index (χ2n) is 2.36. The van der Waals surface area contributed by atoms with Gasteiger partial charge >= 0.3 is 5.97 Å². The van der Waals surface area contributed by atoms with E-state index in [1.807, 2.05) is 0 Å². The number of nitrogens with zero attached hydrogens (tertiary/aromatic N) is 2. The summed E-state index contributed by atoms with van der Waals surface area (Å²) in [5, 5.41) is 16.0. The maximum Gasteiger partial charge on any atom is 0.338 e. The van der Waals surface area contributed by atoms with Gasteiger partial charge in [-0.25, -0.2) is 9.42 Å². The number of aromatic nitrogens is 2. The number of aromatic carboxylic acids is 1. The summed E-state index contributed by atoms with van der Waals surface area (Å²) < 4.78 is 4.39. The van der Waals surface area contributed by atoms with Gasteiger partial charge in [0.25, 0.3) is 0 Å². The third-order valence-corrected chi connectivity index (χ3v) is 1.90. The van der Waals surface area contributed by atoms with Crippen LogP contribution in [0.3, 0.4) is 0 Å². The first-order valence-corrected chi connectivity index (χ1v) is 3.72. The first-order valence-electron chi connectivity index (χ1n) is 3.34. The summed E-state index contributed by atoms with van der Waals surface area (Å²) in [7, 11) is 0. The molecule has 0 unspecified atom stereocenters. The van der Waals surface area contributed by atoms with Gasteiger partial charge in [-0.15, -0.1) is 0 Å². The molecule has 0 amide bonds. The molecule has 0 atom stereocenters. The molecule has 0 aliphatic carbocycles. The molecule has 13 heavy (non-hydrogen) atoms. The first-order chi connectivity index (χ1) is 6.20. The Morgan fingerprint density at radius 2 is 2.08 bits per heavy atom. The molecule has 1 heterocycles. The molecule has 1 N–H and O–H groups in total. The zero-order chi connectivity index (χ0) is 9.42. The lowest BCUT2D eigenvalue weighted by molar-refractivity contribution is 0.0698. The number of hydrogen-bond donors (Lipinski definition) is 1. The summed E-state index contributed by atoms with van der Waals surface area (Å²) in [5.41, 5.74) is 0.460. The molecule has 0 saturated carbocycles. The van der Waals surface area contributed by atoms with Crippen molar-refractivity contribution in [3.63, 3.8) is 0 Å². The number of carboxylic acid groups (broad SMARTS) is 1. The quantitative estimate of drug-likeness (QED) is 0.753. The van der Waals surface area contributed by atoms with Gasteiger partial charge in [0.1, 0.15) is 0 Å². The van der Waals surface area contributed by atoms with Crippen molar-refractivity contribution in [2.75, 3.05) is 0 Å². The summed E-state index contributed by atoms with van der Waals surface area (Å²) in [6, 6.07) is 2.80. The van der Waals surface area contributed by atoms with Gasteiger partial charge in [-0.2, -0.15) is 0 Å². The van der Waals surface area contributed by atoms with Gasteiger partial charge in [-0.1, -0.05) is 11.6 Å². The highest BCUT2D eigenvalue weighted by Gasteiger charge is 2.14. The second-order valence-corrected chi connectivity index (χ2v) is 2.77. The Bertz CT molecular complexity index is 480. The van der Waals surface area contributed by atoms with Gasteiger partial charge in [0.15, 0.2) is 11.0 Å². The molecule has 0 spiro atoms. The van der Waals surface area contributed by atoms with E-state index in [1.54, 1.807) is 0 Å². The van der Waals surface area contributed by atoms with Crippen molar-refractivity contribution in [3.05, 3.63) is 22.7 Å². The molecule has 0 aliphatic heterocycles.